The van der Waals surface area contributed by atoms with E-state index in [1.54, 1.807) is 0 Å². The van der Waals surface area contributed by atoms with Gasteiger partial charge in [-0.3, -0.25) is 4.79 Å². The molecule has 1 fully saturated rings. The molecule has 1 aliphatic rings. The standard InChI is InChI=1S/C14H18F2N2O/c1-9-7-11(13(16)8-12(9)15)14(19)18-6-4-10-3-2-5-17-10/h7-8,10,17H,2-6H2,1H3,(H,18,19)/t10-/m1/s1. The van der Waals surface area contributed by atoms with Gasteiger partial charge in [0.15, 0.2) is 0 Å². The van der Waals surface area contributed by atoms with Crippen molar-refractivity contribution in [1.29, 1.82) is 0 Å². The zero-order chi connectivity index (χ0) is 13.8. The van der Waals surface area contributed by atoms with Gasteiger partial charge in [-0.05, 0) is 44.4 Å². The fourth-order valence-corrected chi connectivity index (χ4v) is 2.29. The second-order valence-corrected chi connectivity index (χ2v) is 4.92. The Hall–Kier alpha value is -1.49. The first-order valence-electron chi connectivity index (χ1n) is 6.55. The van der Waals surface area contributed by atoms with Crippen molar-refractivity contribution in [1.82, 2.24) is 10.6 Å². The Morgan fingerprint density at radius 1 is 1.42 bits per heavy atom. The maximum absolute atomic E-state index is 13.5. The van der Waals surface area contributed by atoms with Crippen LogP contribution in [-0.2, 0) is 0 Å². The number of aryl methyl sites for hydroxylation is 1. The van der Waals surface area contributed by atoms with Gasteiger partial charge in [-0.2, -0.15) is 0 Å². The average molecular weight is 268 g/mol. The van der Waals surface area contributed by atoms with Crippen molar-refractivity contribution < 1.29 is 13.6 Å². The van der Waals surface area contributed by atoms with Gasteiger partial charge < -0.3 is 10.6 Å². The van der Waals surface area contributed by atoms with Crippen LogP contribution in [0.5, 0.6) is 0 Å². The second-order valence-electron chi connectivity index (χ2n) is 4.92. The van der Waals surface area contributed by atoms with Gasteiger partial charge >= 0.3 is 0 Å². The number of halogens is 2. The third-order valence-electron chi connectivity index (χ3n) is 3.43. The predicted octanol–water partition coefficient (Wildman–Crippen LogP) is 2.15. The normalized spacial score (nSPS) is 18.6. The maximum Gasteiger partial charge on any atom is 0.254 e. The Labute approximate surface area is 111 Å². The summed E-state index contributed by atoms with van der Waals surface area (Å²) in [6.07, 6.45) is 3.10. The summed E-state index contributed by atoms with van der Waals surface area (Å²) < 4.78 is 26.6. The average Bonchev–Trinajstić information content (AvgIpc) is 2.86. The number of nitrogens with one attached hydrogen (secondary N) is 2. The van der Waals surface area contributed by atoms with E-state index >= 15 is 0 Å². The zero-order valence-electron chi connectivity index (χ0n) is 10.9. The summed E-state index contributed by atoms with van der Waals surface area (Å²) in [6.45, 7) is 3.02. The zero-order valence-corrected chi connectivity index (χ0v) is 10.9. The summed E-state index contributed by atoms with van der Waals surface area (Å²) in [5.41, 5.74) is 0.169. The van der Waals surface area contributed by atoms with Crippen LogP contribution in [0.15, 0.2) is 12.1 Å². The molecule has 1 saturated heterocycles. The van der Waals surface area contributed by atoms with E-state index in [9.17, 15) is 13.6 Å². The smallest absolute Gasteiger partial charge is 0.254 e. The lowest BCUT2D eigenvalue weighted by Crippen LogP contribution is -2.31. The lowest BCUT2D eigenvalue weighted by molar-refractivity contribution is 0.0948. The summed E-state index contributed by atoms with van der Waals surface area (Å²) in [5, 5.41) is 6.00. The molecule has 2 N–H and O–H groups in total. The number of carbonyl (C=O) groups is 1. The maximum atomic E-state index is 13.5. The molecule has 1 aromatic carbocycles. The van der Waals surface area contributed by atoms with E-state index in [1.807, 2.05) is 0 Å². The first-order valence-corrected chi connectivity index (χ1v) is 6.55. The molecule has 19 heavy (non-hydrogen) atoms. The van der Waals surface area contributed by atoms with Crippen LogP contribution in [0, 0.1) is 18.6 Å². The molecule has 0 aliphatic carbocycles. The minimum absolute atomic E-state index is 0.0988. The Morgan fingerprint density at radius 2 is 2.21 bits per heavy atom. The fraction of sp³-hybridized carbons (Fsp3) is 0.500. The lowest BCUT2D eigenvalue weighted by Gasteiger charge is -2.11. The van der Waals surface area contributed by atoms with Crippen molar-refractivity contribution >= 4 is 5.91 Å². The third kappa shape index (κ3) is 3.50. The van der Waals surface area contributed by atoms with Gasteiger partial charge in [-0.1, -0.05) is 0 Å². The molecular formula is C14H18F2N2O. The summed E-state index contributed by atoms with van der Waals surface area (Å²) in [4.78, 5) is 11.8. The van der Waals surface area contributed by atoms with E-state index in [-0.39, 0.29) is 11.1 Å². The number of benzene rings is 1. The highest BCUT2D eigenvalue weighted by Gasteiger charge is 2.16. The topological polar surface area (TPSA) is 41.1 Å². The van der Waals surface area contributed by atoms with Crippen LogP contribution < -0.4 is 10.6 Å². The minimum atomic E-state index is -0.820. The number of rotatable bonds is 4. The van der Waals surface area contributed by atoms with E-state index in [0.29, 0.717) is 12.6 Å². The fourth-order valence-electron chi connectivity index (χ4n) is 2.29. The van der Waals surface area contributed by atoms with Crippen LogP contribution in [-0.4, -0.2) is 25.0 Å². The van der Waals surface area contributed by atoms with Crippen molar-refractivity contribution in [2.24, 2.45) is 0 Å². The third-order valence-corrected chi connectivity index (χ3v) is 3.43. The molecule has 2 rings (SSSR count). The molecule has 1 amide bonds. The van der Waals surface area contributed by atoms with Gasteiger partial charge in [0.2, 0.25) is 0 Å². The first kappa shape index (κ1) is 13.9. The van der Waals surface area contributed by atoms with Gasteiger partial charge in [-0.25, -0.2) is 8.78 Å². The highest BCUT2D eigenvalue weighted by atomic mass is 19.1. The first-order chi connectivity index (χ1) is 9.08. The Balaban J connectivity index is 1.90. The number of carbonyl (C=O) groups excluding carboxylic acids is 1. The lowest BCUT2D eigenvalue weighted by atomic mass is 10.1. The molecule has 0 spiro atoms. The Kier molecular flexibility index (Phi) is 4.47. The Bertz CT molecular complexity index is 471. The van der Waals surface area contributed by atoms with Crippen molar-refractivity contribution in [3.63, 3.8) is 0 Å². The van der Waals surface area contributed by atoms with Crippen molar-refractivity contribution in [2.45, 2.75) is 32.2 Å². The molecule has 0 unspecified atom stereocenters. The molecule has 0 aromatic heterocycles. The van der Waals surface area contributed by atoms with Crippen LogP contribution in [0.1, 0.15) is 35.2 Å². The molecular weight excluding hydrogens is 250 g/mol. The van der Waals surface area contributed by atoms with Crippen molar-refractivity contribution in [3.05, 3.63) is 34.9 Å². The van der Waals surface area contributed by atoms with Gasteiger partial charge in [0.25, 0.3) is 5.91 Å². The predicted molar refractivity (Wildman–Crippen MR) is 69.1 cm³/mol. The largest absolute Gasteiger partial charge is 0.352 e. The monoisotopic (exact) mass is 268 g/mol. The highest BCUT2D eigenvalue weighted by molar-refractivity contribution is 5.94. The summed E-state index contributed by atoms with van der Waals surface area (Å²) in [5.74, 6) is -1.94. The molecule has 0 radical (unpaired) electrons. The number of hydrogen-bond donors (Lipinski definition) is 2. The minimum Gasteiger partial charge on any atom is -0.352 e. The molecule has 1 aromatic rings. The van der Waals surface area contributed by atoms with Crippen molar-refractivity contribution in [3.8, 4) is 0 Å². The summed E-state index contributed by atoms with van der Waals surface area (Å²) >= 11 is 0. The van der Waals surface area contributed by atoms with Gasteiger partial charge in [0, 0.05) is 18.7 Å². The van der Waals surface area contributed by atoms with E-state index in [4.69, 9.17) is 0 Å². The van der Waals surface area contributed by atoms with E-state index in [2.05, 4.69) is 10.6 Å². The van der Waals surface area contributed by atoms with Gasteiger partial charge in [0.05, 0.1) is 5.56 Å². The van der Waals surface area contributed by atoms with Crippen LogP contribution in [0.25, 0.3) is 0 Å². The van der Waals surface area contributed by atoms with Crippen molar-refractivity contribution in [2.75, 3.05) is 13.1 Å². The summed E-state index contributed by atoms with van der Waals surface area (Å²) in [7, 11) is 0. The Morgan fingerprint density at radius 3 is 2.89 bits per heavy atom. The van der Waals surface area contributed by atoms with Crippen LogP contribution >= 0.6 is 0 Å². The van der Waals surface area contributed by atoms with Crippen LogP contribution in [0.2, 0.25) is 0 Å². The SMILES string of the molecule is Cc1cc(C(=O)NCC[C@H]2CCCN2)c(F)cc1F. The molecule has 0 bridgehead atoms. The number of hydrogen-bond acceptors (Lipinski definition) is 2. The molecule has 0 saturated carbocycles. The van der Waals surface area contributed by atoms with Gasteiger partial charge in [0.1, 0.15) is 11.6 Å². The molecule has 5 heteroatoms. The summed E-state index contributed by atoms with van der Waals surface area (Å²) in [6, 6.07) is 2.43. The molecule has 1 heterocycles. The van der Waals surface area contributed by atoms with E-state index in [0.717, 1.165) is 31.9 Å². The van der Waals surface area contributed by atoms with Crippen LogP contribution in [0.4, 0.5) is 8.78 Å². The molecule has 1 atom stereocenters. The van der Waals surface area contributed by atoms with Crippen LogP contribution in [0.3, 0.4) is 0 Å². The second kappa shape index (κ2) is 6.10. The highest BCUT2D eigenvalue weighted by Crippen LogP contribution is 2.14. The van der Waals surface area contributed by atoms with E-state index < -0.39 is 17.5 Å². The molecule has 3 nitrogen and oxygen atoms in total. The van der Waals surface area contributed by atoms with E-state index in [1.165, 1.54) is 13.0 Å². The molecule has 104 valence electrons. The molecule has 1 aliphatic heterocycles. The van der Waals surface area contributed by atoms with Gasteiger partial charge in [-0.15, -0.1) is 0 Å². The quantitative estimate of drug-likeness (QED) is 0.878. The number of amides is 1.